The lowest BCUT2D eigenvalue weighted by Crippen LogP contribution is -2.07. The van der Waals surface area contributed by atoms with Crippen LogP contribution in [0.25, 0.3) is 10.9 Å². The fourth-order valence-electron chi connectivity index (χ4n) is 1.54. The summed E-state index contributed by atoms with van der Waals surface area (Å²) in [5.74, 6) is 0. The van der Waals surface area contributed by atoms with Crippen LogP contribution in [0.4, 0.5) is 0 Å². The third-order valence-electron chi connectivity index (χ3n) is 2.26. The highest BCUT2D eigenvalue weighted by Crippen LogP contribution is 2.22. The Hall–Kier alpha value is -1.39. The Morgan fingerprint density at radius 2 is 2.21 bits per heavy atom. The zero-order valence-corrected chi connectivity index (χ0v) is 7.77. The number of para-hydroxylation sites is 1. The van der Waals surface area contributed by atoms with Crippen LogP contribution in [0.1, 0.15) is 18.2 Å². The molecule has 1 unspecified atom stereocenters. The zero-order valence-electron chi connectivity index (χ0n) is 7.77. The fraction of sp³-hybridized carbons (Fsp3) is 0.300. The number of rotatable bonds is 3. The molecule has 0 saturated heterocycles. The topological polar surface area (TPSA) is 74.9 Å². The van der Waals surface area contributed by atoms with E-state index in [0.717, 1.165) is 16.6 Å². The summed E-state index contributed by atoms with van der Waals surface area (Å²) in [6, 6.07) is 7.69. The highest BCUT2D eigenvalue weighted by atomic mass is 16.3. The van der Waals surface area contributed by atoms with Crippen molar-refractivity contribution in [2.45, 2.75) is 12.5 Å². The van der Waals surface area contributed by atoms with Crippen molar-refractivity contribution in [3.05, 3.63) is 30.0 Å². The Balaban J connectivity index is 2.42. The number of H-pyrrole nitrogens is 1. The number of nitrogens with zero attached hydrogens (tertiary/aromatic N) is 1. The second-order valence-corrected chi connectivity index (χ2v) is 3.25. The smallest absolute Gasteiger partial charge is 0.0972 e. The van der Waals surface area contributed by atoms with Crippen LogP contribution in [-0.2, 0) is 0 Å². The van der Waals surface area contributed by atoms with Gasteiger partial charge in [0.05, 0.1) is 17.3 Å². The van der Waals surface area contributed by atoms with E-state index in [-0.39, 0.29) is 0 Å². The molecule has 0 bridgehead atoms. The van der Waals surface area contributed by atoms with E-state index in [9.17, 15) is 5.11 Å². The largest absolute Gasteiger partial charge is 0.387 e. The molecule has 14 heavy (non-hydrogen) atoms. The first-order valence-electron chi connectivity index (χ1n) is 4.64. The van der Waals surface area contributed by atoms with Gasteiger partial charge in [-0.2, -0.15) is 5.10 Å². The average Bonchev–Trinajstić information content (AvgIpc) is 2.61. The first-order chi connectivity index (χ1) is 6.83. The Bertz CT molecular complexity index is 424. The summed E-state index contributed by atoms with van der Waals surface area (Å²) in [5, 5.41) is 17.7. The maximum absolute atomic E-state index is 9.76. The molecule has 1 heterocycles. The molecule has 0 fully saturated rings. The lowest BCUT2D eigenvalue weighted by atomic mass is 10.1. The van der Waals surface area contributed by atoms with E-state index < -0.39 is 6.10 Å². The molecular formula is C10H13N3O. The molecule has 0 aliphatic carbocycles. The van der Waals surface area contributed by atoms with Crippen LogP contribution >= 0.6 is 0 Å². The summed E-state index contributed by atoms with van der Waals surface area (Å²) in [6.45, 7) is 0.467. The normalized spacial score (nSPS) is 13.3. The van der Waals surface area contributed by atoms with E-state index in [1.807, 2.05) is 24.3 Å². The van der Waals surface area contributed by atoms with Crippen LogP contribution in [0.5, 0.6) is 0 Å². The third kappa shape index (κ3) is 1.49. The number of hydrogen-bond acceptors (Lipinski definition) is 3. The number of aromatic amines is 1. The van der Waals surface area contributed by atoms with Crippen molar-refractivity contribution in [2.24, 2.45) is 5.73 Å². The van der Waals surface area contributed by atoms with Crippen molar-refractivity contribution >= 4 is 10.9 Å². The summed E-state index contributed by atoms with van der Waals surface area (Å²) in [6.07, 6.45) is -0.000899. The molecule has 4 heteroatoms. The van der Waals surface area contributed by atoms with Gasteiger partial charge >= 0.3 is 0 Å². The molecular weight excluding hydrogens is 178 g/mol. The van der Waals surface area contributed by atoms with E-state index >= 15 is 0 Å². The van der Waals surface area contributed by atoms with Crippen LogP contribution in [0, 0.1) is 0 Å². The van der Waals surface area contributed by atoms with E-state index in [0.29, 0.717) is 13.0 Å². The van der Waals surface area contributed by atoms with E-state index in [2.05, 4.69) is 10.2 Å². The summed E-state index contributed by atoms with van der Waals surface area (Å²) in [4.78, 5) is 0. The molecule has 1 aromatic heterocycles. The van der Waals surface area contributed by atoms with E-state index in [1.54, 1.807) is 0 Å². The lowest BCUT2D eigenvalue weighted by Gasteiger charge is -2.06. The third-order valence-corrected chi connectivity index (χ3v) is 2.26. The molecule has 0 aliphatic heterocycles. The Labute approximate surface area is 81.7 Å². The number of aliphatic hydroxyl groups is 1. The number of hydrogen-bond donors (Lipinski definition) is 3. The number of aromatic nitrogens is 2. The van der Waals surface area contributed by atoms with Gasteiger partial charge < -0.3 is 10.8 Å². The summed E-state index contributed by atoms with van der Waals surface area (Å²) in [7, 11) is 0. The number of aliphatic hydroxyl groups excluding tert-OH is 1. The van der Waals surface area contributed by atoms with Crippen molar-refractivity contribution in [3.63, 3.8) is 0 Å². The first-order valence-corrected chi connectivity index (χ1v) is 4.64. The van der Waals surface area contributed by atoms with Gasteiger partial charge in [-0.05, 0) is 19.0 Å². The molecule has 4 nitrogen and oxygen atoms in total. The molecule has 2 rings (SSSR count). The van der Waals surface area contributed by atoms with Gasteiger partial charge in [0.1, 0.15) is 0 Å². The second kappa shape index (κ2) is 3.77. The molecule has 0 amide bonds. The molecule has 0 aliphatic rings. The van der Waals surface area contributed by atoms with Crippen molar-refractivity contribution < 1.29 is 5.11 Å². The van der Waals surface area contributed by atoms with Gasteiger partial charge in [-0.1, -0.05) is 18.2 Å². The van der Waals surface area contributed by atoms with Crippen LogP contribution in [0.2, 0.25) is 0 Å². The summed E-state index contributed by atoms with van der Waals surface area (Å²) in [5.41, 5.74) is 7.01. The maximum Gasteiger partial charge on any atom is 0.0972 e. The highest BCUT2D eigenvalue weighted by Gasteiger charge is 2.12. The van der Waals surface area contributed by atoms with Gasteiger partial charge in [0, 0.05) is 5.39 Å². The molecule has 0 saturated carbocycles. The van der Waals surface area contributed by atoms with Gasteiger partial charge in [-0.3, -0.25) is 5.10 Å². The van der Waals surface area contributed by atoms with Crippen molar-refractivity contribution in [1.29, 1.82) is 0 Å². The quantitative estimate of drug-likeness (QED) is 0.676. The predicted molar refractivity (Wildman–Crippen MR) is 54.7 cm³/mol. The predicted octanol–water partition coefficient (Wildman–Crippen LogP) is 0.945. The van der Waals surface area contributed by atoms with Crippen LogP contribution in [0.15, 0.2) is 24.3 Å². The van der Waals surface area contributed by atoms with Gasteiger partial charge in [0.2, 0.25) is 0 Å². The Morgan fingerprint density at radius 1 is 1.43 bits per heavy atom. The van der Waals surface area contributed by atoms with Gasteiger partial charge in [0.25, 0.3) is 0 Å². The molecule has 1 atom stereocenters. The average molecular weight is 191 g/mol. The van der Waals surface area contributed by atoms with Gasteiger partial charge in [-0.15, -0.1) is 0 Å². The molecule has 1 aromatic carbocycles. The van der Waals surface area contributed by atoms with Gasteiger partial charge in [-0.25, -0.2) is 0 Å². The minimum absolute atomic E-state index is 0.467. The molecule has 0 radical (unpaired) electrons. The zero-order chi connectivity index (χ0) is 9.97. The lowest BCUT2D eigenvalue weighted by molar-refractivity contribution is 0.167. The number of fused-ring (bicyclic) bond motifs is 1. The minimum atomic E-state index is -0.549. The summed E-state index contributed by atoms with van der Waals surface area (Å²) >= 11 is 0. The van der Waals surface area contributed by atoms with Crippen LogP contribution in [-0.4, -0.2) is 21.8 Å². The molecule has 4 N–H and O–H groups in total. The standard InChI is InChI=1S/C10H13N3O/c11-6-5-9(14)10-7-3-1-2-4-8(7)12-13-10/h1-4,9,14H,5-6,11H2,(H,12,13). The Kier molecular flexibility index (Phi) is 2.47. The first kappa shape index (κ1) is 9.18. The molecule has 74 valence electrons. The van der Waals surface area contributed by atoms with E-state index in [4.69, 9.17) is 5.73 Å². The highest BCUT2D eigenvalue weighted by molar-refractivity contribution is 5.81. The number of benzene rings is 1. The SMILES string of the molecule is NCCC(O)c1[nH]nc2ccccc12. The minimum Gasteiger partial charge on any atom is -0.387 e. The van der Waals surface area contributed by atoms with Crippen molar-refractivity contribution in [2.75, 3.05) is 6.54 Å². The Morgan fingerprint density at radius 3 is 3.00 bits per heavy atom. The van der Waals surface area contributed by atoms with E-state index in [1.165, 1.54) is 0 Å². The fourth-order valence-corrected chi connectivity index (χ4v) is 1.54. The maximum atomic E-state index is 9.76. The second-order valence-electron chi connectivity index (χ2n) is 3.25. The summed E-state index contributed by atoms with van der Waals surface area (Å²) < 4.78 is 0. The van der Waals surface area contributed by atoms with Crippen LogP contribution < -0.4 is 5.73 Å². The molecule has 2 aromatic rings. The molecule has 0 spiro atoms. The monoisotopic (exact) mass is 191 g/mol. The number of nitrogens with two attached hydrogens (primary N) is 1. The van der Waals surface area contributed by atoms with Crippen LogP contribution in [0.3, 0.4) is 0 Å². The number of nitrogens with one attached hydrogen (secondary N) is 1. The van der Waals surface area contributed by atoms with Gasteiger partial charge in [0.15, 0.2) is 0 Å². The van der Waals surface area contributed by atoms with Crippen molar-refractivity contribution in [3.8, 4) is 0 Å². The van der Waals surface area contributed by atoms with Crippen molar-refractivity contribution in [1.82, 2.24) is 10.2 Å².